The summed E-state index contributed by atoms with van der Waals surface area (Å²) < 4.78 is 1.35. The molecule has 3 aromatic carbocycles. The molecule has 1 aliphatic rings. The number of carbonyl (C=O) groups is 1. The fraction of sp³-hybridized carbons (Fsp3) is 0.250. The van der Waals surface area contributed by atoms with Crippen molar-refractivity contribution in [1.29, 1.82) is 0 Å². The van der Waals surface area contributed by atoms with Crippen molar-refractivity contribution in [3.63, 3.8) is 0 Å². The molecule has 0 bridgehead atoms. The Morgan fingerprint density at radius 3 is 2.43 bits per heavy atom. The van der Waals surface area contributed by atoms with Gasteiger partial charge in [0.15, 0.2) is 0 Å². The van der Waals surface area contributed by atoms with Crippen molar-refractivity contribution < 1.29 is 4.79 Å². The Kier molecular flexibility index (Phi) is 6.59. The molecule has 7 nitrogen and oxygen atoms in total. The van der Waals surface area contributed by atoms with E-state index in [1.807, 2.05) is 43.3 Å². The lowest BCUT2D eigenvalue weighted by Gasteiger charge is -2.36. The van der Waals surface area contributed by atoms with Crippen LogP contribution >= 0.6 is 0 Å². The SMILES string of the molecule is Cc1ccc2ncn(CC(=O)Nc3ccc(N4CCN(Cc5ccccc5)CC4)cc3)c(=O)c2c1. The first-order chi connectivity index (χ1) is 17.0. The van der Waals surface area contributed by atoms with Crippen LogP contribution in [0.1, 0.15) is 11.1 Å². The molecule has 1 N–H and O–H groups in total. The molecule has 178 valence electrons. The minimum Gasteiger partial charge on any atom is -0.369 e. The largest absolute Gasteiger partial charge is 0.369 e. The summed E-state index contributed by atoms with van der Waals surface area (Å²) in [5.41, 5.74) is 4.60. The molecule has 0 unspecified atom stereocenters. The van der Waals surface area contributed by atoms with Gasteiger partial charge in [0.1, 0.15) is 6.54 Å². The molecule has 0 saturated carbocycles. The first kappa shape index (κ1) is 22.8. The van der Waals surface area contributed by atoms with Gasteiger partial charge in [-0.3, -0.25) is 19.1 Å². The second-order valence-electron chi connectivity index (χ2n) is 9.04. The van der Waals surface area contributed by atoms with E-state index in [0.717, 1.165) is 44.0 Å². The second kappa shape index (κ2) is 10.1. The quantitative estimate of drug-likeness (QED) is 0.469. The number of nitrogens with zero attached hydrogens (tertiary/aromatic N) is 4. The highest BCUT2D eigenvalue weighted by atomic mass is 16.2. The molecule has 1 aliphatic heterocycles. The van der Waals surface area contributed by atoms with Crippen LogP contribution in [0.3, 0.4) is 0 Å². The Bertz CT molecular complexity index is 1370. The molecule has 0 spiro atoms. The Hall–Kier alpha value is -3.97. The van der Waals surface area contributed by atoms with Crippen LogP contribution in [0.25, 0.3) is 10.9 Å². The van der Waals surface area contributed by atoms with Crippen LogP contribution in [0.5, 0.6) is 0 Å². The minimum atomic E-state index is -0.261. The van der Waals surface area contributed by atoms with Gasteiger partial charge in [0.2, 0.25) is 5.91 Å². The molecule has 2 heterocycles. The maximum Gasteiger partial charge on any atom is 0.261 e. The van der Waals surface area contributed by atoms with E-state index in [-0.39, 0.29) is 18.0 Å². The van der Waals surface area contributed by atoms with Gasteiger partial charge < -0.3 is 10.2 Å². The number of piperazine rings is 1. The molecule has 5 rings (SSSR count). The van der Waals surface area contributed by atoms with Gasteiger partial charge in [0.25, 0.3) is 5.56 Å². The Labute approximate surface area is 204 Å². The number of rotatable bonds is 6. The van der Waals surface area contributed by atoms with E-state index in [1.54, 1.807) is 6.07 Å². The predicted molar refractivity (Wildman–Crippen MR) is 140 cm³/mol. The lowest BCUT2D eigenvalue weighted by atomic mass is 10.2. The van der Waals surface area contributed by atoms with Crippen molar-refractivity contribution in [3.8, 4) is 0 Å². The van der Waals surface area contributed by atoms with E-state index in [0.29, 0.717) is 16.6 Å². The number of hydrogen-bond acceptors (Lipinski definition) is 5. The van der Waals surface area contributed by atoms with E-state index < -0.39 is 0 Å². The Balaban J connectivity index is 1.16. The topological polar surface area (TPSA) is 70.5 Å². The molecule has 7 heteroatoms. The number of amides is 1. The summed E-state index contributed by atoms with van der Waals surface area (Å²) in [6, 6.07) is 24.0. The highest BCUT2D eigenvalue weighted by molar-refractivity contribution is 5.91. The summed E-state index contributed by atoms with van der Waals surface area (Å²) in [5, 5.41) is 3.41. The number of nitrogens with one attached hydrogen (secondary N) is 1. The average molecular weight is 468 g/mol. The van der Waals surface area contributed by atoms with Crippen molar-refractivity contribution in [2.75, 3.05) is 36.4 Å². The van der Waals surface area contributed by atoms with Gasteiger partial charge in [-0.1, -0.05) is 42.0 Å². The van der Waals surface area contributed by atoms with Crippen molar-refractivity contribution in [2.24, 2.45) is 0 Å². The van der Waals surface area contributed by atoms with Gasteiger partial charge >= 0.3 is 0 Å². The first-order valence-electron chi connectivity index (χ1n) is 11.9. The maximum absolute atomic E-state index is 12.7. The van der Waals surface area contributed by atoms with Crippen LogP contribution < -0.4 is 15.8 Å². The van der Waals surface area contributed by atoms with Crippen molar-refractivity contribution in [2.45, 2.75) is 20.0 Å². The monoisotopic (exact) mass is 467 g/mol. The molecule has 1 saturated heterocycles. The van der Waals surface area contributed by atoms with E-state index >= 15 is 0 Å². The number of hydrogen-bond donors (Lipinski definition) is 1. The molecule has 1 aromatic heterocycles. The highest BCUT2D eigenvalue weighted by Gasteiger charge is 2.17. The molecule has 0 atom stereocenters. The average Bonchev–Trinajstić information content (AvgIpc) is 2.88. The Morgan fingerprint density at radius 1 is 0.943 bits per heavy atom. The maximum atomic E-state index is 12.7. The standard InChI is InChI=1S/C28H29N5O2/c1-21-7-12-26-25(17-21)28(35)33(20-29-26)19-27(34)30-23-8-10-24(11-9-23)32-15-13-31(14-16-32)18-22-5-3-2-4-6-22/h2-12,17,20H,13-16,18-19H2,1H3,(H,30,34). The highest BCUT2D eigenvalue weighted by Crippen LogP contribution is 2.20. The molecule has 0 radical (unpaired) electrons. The second-order valence-corrected chi connectivity index (χ2v) is 9.04. The van der Waals surface area contributed by atoms with Gasteiger partial charge in [0.05, 0.1) is 17.2 Å². The zero-order chi connectivity index (χ0) is 24.2. The van der Waals surface area contributed by atoms with Gasteiger partial charge in [-0.05, 0) is 48.9 Å². The lowest BCUT2D eigenvalue weighted by molar-refractivity contribution is -0.116. The van der Waals surface area contributed by atoms with Gasteiger partial charge in [-0.15, -0.1) is 0 Å². The van der Waals surface area contributed by atoms with Gasteiger partial charge in [-0.2, -0.15) is 0 Å². The molecule has 4 aromatic rings. The zero-order valence-electron chi connectivity index (χ0n) is 19.9. The summed E-state index contributed by atoms with van der Waals surface area (Å²) in [6.07, 6.45) is 1.43. The van der Waals surface area contributed by atoms with Crippen LogP contribution in [-0.4, -0.2) is 46.5 Å². The summed E-state index contributed by atoms with van der Waals surface area (Å²) in [7, 11) is 0. The third-order valence-electron chi connectivity index (χ3n) is 6.43. The van der Waals surface area contributed by atoms with E-state index in [4.69, 9.17) is 0 Å². The lowest BCUT2D eigenvalue weighted by Crippen LogP contribution is -2.45. The van der Waals surface area contributed by atoms with Crippen molar-refractivity contribution >= 4 is 28.2 Å². The summed E-state index contributed by atoms with van der Waals surface area (Å²) >= 11 is 0. The van der Waals surface area contributed by atoms with Crippen LogP contribution in [0.4, 0.5) is 11.4 Å². The van der Waals surface area contributed by atoms with E-state index in [1.165, 1.54) is 16.5 Å². The van der Waals surface area contributed by atoms with E-state index in [2.05, 4.69) is 50.4 Å². The number of benzene rings is 3. The molecule has 0 aliphatic carbocycles. The zero-order valence-corrected chi connectivity index (χ0v) is 19.9. The van der Waals surface area contributed by atoms with Gasteiger partial charge in [0, 0.05) is 44.1 Å². The number of carbonyl (C=O) groups excluding carboxylic acids is 1. The summed E-state index contributed by atoms with van der Waals surface area (Å²) in [6.45, 7) is 6.79. The first-order valence-corrected chi connectivity index (χ1v) is 11.9. The number of aryl methyl sites for hydroxylation is 1. The smallest absolute Gasteiger partial charge is 0.261 e. The molecular formula is C28H29N5O2. The number of anilines is 2. The normalized spacial score (nSPS) is 14.3. The molecular weight excluding hydrogens is 438 g/mol. The van der Waals surface area contributed by atoms with Crippen molar-refractivity contribution in [1.82, 2.24) is 14.5 Å². The van der Waals surface area contributed by atoms with Crippen LogP contribution in [0.2, 0.25) is 0 Å². The fourth-order valence-electron chi connectivity index (χ4n) is 4.50. The Morgan fingerprint density at radius 2 is 1.69 bits per heavy atom. The van der Waals surface area contributed by atoms with Crippen LogP contribution in [-0.2, 0) is 17.9 Å². The van der Waals surface area contributed by atoms with E-state index in [9.17, 15) is 9.59 Å². The fourth-order valence-corrected chi connectivity index (χ4v) is 4.50. The van der Waals surface area contributed by atoms with Crippen molar-refractivity contribution in [3.05, 3.63) is 101 Å². The number of fused-ring (bicyclic) bond motifs is 1. The predicted octanol–water partition coefficient (Wildman–Crippen LogP) is 3.67. The summed E-state index contributed by atoms with van der Waals surface area (Å²) in [4.78, 5) is 34.5. The molecule has 1 fully saturated rings. The minimum absolute atomic E-state index is 0.0825. The summed E-state index contributed by atoms with van der Waals surface area (Å²) in [5.74, 6) is -0.261. The molecule has 1 amide bonds. The third kappa shape index (κ3) is 5.41. The number of aromatic nitrogens is 2. The van der Waals surface area contributed by atoms with Crippen LogP contribution in [0.15, 0.2) is 83.9 Å². The molecule has 35 heavy (non-hydrogen) atoms. The van der Waals surface area contributed by atoms with Crippen LogP contribution in [0, 0.1) is 6.92 Å². The third-order valence-corrected chi connectivity index (χ3v) is 6.43. The van der Waals surface area contributed by atoms with Gasteiger partial charge in [-0.25, -0.2) is 4.98 Å².